The number of ether oxygens (including phenoxy) is 1. The first-order valence-corrected chi connectivity index (χ1v) is 8.23. The van der Waals surface area contributed by atoms with E-state index in [1.54, 1.807) is 31.3 Å². The van der Waals surface area contributed by atoms with Gasteiger partial charge in [-0.3, -0.25) is 4.79 Å². The maximum Gasteiger partial charge on any atom is 0.251 e. The molecule has 1 amide bonds. The van der Waals surface area contributed by atoms with Crippen molar-refractivity contribution in [1.82, 2.24) is 10.3 Å². The van der Waals surface area contributed by atoms with Gasteiger partial charge in [0.25, 0.3) is 5.91 Å². The van der Waals surface area contributed by atoms with Crippen LogP contribution in [0.25, 0.3) is 0 Å². The second kappa shape index (κ2) is 7.19. The third-order valence-corrected chi connectivity index (χ3v) is 4.67. The van der Waals surface area contributed by atoms with Gasteiger partial charge in [0, 0.05) is 17.8 Å². The van der Waals surface area contributed by atoms with Gasteiger partial charge in [-0.25, -0.2) is 9.37 Å². The van der Waals surface area contributed by atoms with Gasteiger partial charge >= 0.3 is 0 Å². The molecule has 1 aliphatic carbocycles. The molecule has 2 N–H and O–H groups in total. The smallest absolute Gasteiger partial charge is 0.251 e. The summed E-state index contributed by atoms with van der Waals surface area (Å²) in [5, 5.41) is 12.6. The van der Waals surface area contributed by atoms with E-state index in [9.17, 15) is 14.3 Å². The van der Waals surface area contributed by atoms with Crippen LogP contribution in [0.3, 0.4) is 0 Å². The number of aliphatic hydroxyl groups is 1. The van der Waals surface area contributed by atoms with Crippen LogP contribution in [0.4, 0.5) is 4.39 Å². The Labute approximate surface area is 145 Å². The summed E-state index contributed by atoms with van der Waals surface area (Å²) in [6.07, 6.45) is 2.54. The monoisotopic (exact) mass is 344 g/mol. The molecule has 0 bridgehead atoms. The number of aliphatic hydroxyl groups excluding tert-OH is 1. The number of pyridine rings is 1. The topological polar surface area (TPSA) is 71.5 Å². The van der Waals surface area contributed by atoms with Crippen LogP contribution in [0.15, 0.2) is 36.5 Å². The molecule has 6 heteroatoms. The van der Waals surface area contributed by atoms with Crippen LogP contribution in [-0.4, -0.2) is 29.2 Å². The van der Waals surface area contributed by atoms with Gasteiger partial charge in [0.1, 0.15) is 5.82 Å². The lowest BCUT2D eigenvalue weighted by atomic mass is 9.75. The molecule has 1 heterocycles. The second-order valence-electron chi connectivity index (χ2n) is 6.43. The Morgan fingerprint density at radius 3 is 2.68 bits per heavy atom. The number of nitrogens with zero attached hydrogens (tertiary/aromatic N) is 1. The van der Waals surface area contributed by atoms with E-state index < -0.39 is 5.82 Å². The molecule has 1 unspecified atom stereocenters. The molecule has 1 aromatic heterocycles. The number of hydrogen-bond donors (Lipinski definition) is 2. The standard InChI is InChI=1S/C19H21FN2O3/c1-11-3-4-12(9-16(11)20)19(24)22-18(14-7-15(23)8-14)13-5-6-17(25-2)21-10-13/h3-6,9-10,14-15,18,23H,7-8H2,1-2H3,(H,22,24). The van der Waals surface area contributed by atoms with Crippen LogP contribution in [0, 0.1) is 18.7 Å². The van der Waals surface area contributed by atoms with Crippen molar-refractivity contribution in [3.8, 4) is 5.88 Å². The van der Waals surface area contributed by atoms with Gasteiger partial charge in [-0.15, -0.1) is 0 Å². The maximum absolute atomic E-state index is 13.7. The number of nitrogens with one attached hydrogen (secondary N) is 1. The van der Waals surface area contributed by atoms with E-state index >= 15 is 0 Å². The molecular weight excluding hydrogens is 323 g/mol. The SMILES string of the molecule is COc1ccc(C(NC(=O)c2ccc(C)c(F)c2)C2CC(O)C2)cn1. The number of aromatic nitrogens is 1. The Balaban J connectivity index is 1.81. The van der Waals surface area contributed by atoms with Crippen molar-refractivity contribution in [2.45, 2.75) is 31.9 Å². The van der Waals surface area contributed by atoms with Gasteiger partial charge in [0.15, 0.2) is 0 Å². The quantitative estimate of drug-likeness (QED) is 0.875. The van der Waals surface area contributed by atoms with Crippen LogP contribution in [0.1, 0.15) is 40.4 Å². The average Bonchev–Trinajstić information content (AvgIpc) is 2.59. The number of amides is 1. The molecule has 1 saturated carbocycles. The third-order valence-electron chi connectivity index (χ3n) is 4.67. The highest BCUT2D eigenvalue weighted by Crippen LogP contribution is 2.38. The third kappa shape index (κ3) is 3.79. The van der Waals surface area contributed by atoms with Gasteiger partial charge in [-0.05, 0) is 48.9 Å². The minimum Gasteiger partial charge on any atom is -0.481 e. The summed E-state index contributed by atoms with van der Waals surface area (Å²) in [5.41, 5.74) is 1.60. The van der Waals surface area contributed by atoms with Crippen LogP contribution >= 0.6 is 0 Å². The molecule has 1 fully saturated rings. The zero-order chi connectivity index (χ0) is 18.0. The molecule has 1 atom stereocenters. The number of rotatable bonds is 5. The summed E-state index contributed by atoms with van der Waals surface area (Å²) in [6.45, 7) is 1.65. The number of benzene rings is 1. The van der Waals surface area contributed by atoms with Crippen LogP contribution < -0.4 is 10.1 Å². The van der Waals surface area contributed by atoms with E-state index in [1.165, 1.54) is 13.2 Å². The molecule has 0 aliphatic heterocycles. The number of aryl methyl sites for hydroxylation is 1. The number of carbonyl (C=O) groups excluding carboxylic acids is 1. The minimum atomic E-state index is -0.408. The van der Waals surface area contributed by atoms with E-state index in [-0.39, 0.29) is 29.5 Å². The number of halogens is 1. The van der Waals surface area contributed by atoms with Crippen LogP contribution in [0.2, 0.25) is 0 Å². The van der Waals surface area contributed by atoms with Crippen molar-refractivity contribution >= 4 is 5.91 Å². The minimum absolute atomic E-state index is 0.115. The molecule has 1 aromatic carbocycles. The molecule has 2 aromatic rings. The Kier molecular flexibility index (Phi) is 4.99. The highest BCUT2D eigenvalue weighted by atomic mass is 19.1. The molecular formula is C19H21FN2O3. The van der Waals surface area contributed by atoms with Gasteiger partial charge in [-0.2, -0.15) is 0 Å². The van der Waals surface area contributed by atoms with Crippen molar-refractivity contribution in [2.75, 3.05) is 7.11 Å². The molecule has 5 nitrogen and oxygen atoms in total. The molecule has 25 heavy (non-hydrogen) atoms. The van der Waals surface area contributed by atoms with E-state index in [4.69, 9.17) is 4.74 Å². The first kappa shape index (κ1) is 17.4. The number of hydrogen-bond acceptors (Lipinski definition) is 4. The average molecular weight is 344 g/mol. The Hall–Kier alpha value is -2.47. The fourth-order valence-corrected chi connectivity index (χ4v) is 3.03. The maximum atomic E-state index is 13.7. The fraction of sp³-hybridized carbons (Fsp3) is 0.368. The molecule has 1 aliphatic rings. The lowest BCUT2D eigenvalue weighted by Gasteiger charge is -2.38. The highest BCUT2D eigenvalue weighted by molar-refractivity contribution is 5.94. The summed E-state index contributed by atoms with van der Waals surface area (Å²) < 4.78 is 18.8. The van der Waals surface area contributed by atoms with Crippen molar-refractivity contribution in [3.05, 3.63) is 59.0 Å². The number of methoxy groups -OCH3 is 1. The van der Waals surface area contributed by atoms with E-state index in [2.05, 4.69) is 10.3 Å². The summed E-state index contributed by atoms with van der Waals surface area (Å²) in [5.74, 6) is -0.150. The van der Waals surface area contributed by atoms with Gasteiger partial charge in [-0.1, -0.05) is 12.1 Å². The Morgan fingerprint density at radius 2 is 2.12 bits per heavy atom. The van der Waals surface area contributed by atoms with E-state index in [1.807, 2.05) is 6.07 Å². The molecule has 0 saturated heterocycles. The largest absolute Gasteiger partial charge is 0.481 e. The summed E-state index contributed by atoms with van der Waals surface area (Å²) in [6, 6.07) is 7.71. The normalized spacial score (nSPS) is 20.5. The zero-order valence-corrected chi connectivity index (χ0v) is 14.2. The summed E-state index contributed by atoms with van der Waals surface area (Å²) in [4.78, 5) is 16.7. The summed E-state index contributed by atoms with van der Waals surface area (Å²) in [7, 11) is 1.54. The molecule has 0 spiro atoms. The van der Waals surface area contributed by atoms with Crippen molar-refractivity contribution < 1.29 is 19.0 Å². The lowest BCUT2D eigenvalue weighted by molar-refractivity contribution is 0.0234. The second-order valence-corrected chi connectivity index (χ2v) is 6.43. The highest BCUT2D eigenvalue weighted by Gasteiger charge is 2.36. The van der Waals surface area contributed by atoms with Crippen LogP contribution in [0.5, 0.6) is 5.88 Å². The molecule has 3 rings (SSSR count). The Bertz CT molecular complexity index is 758. The van der Waals surface area contributed by atoms with Gasteiger partial charge in [0.05, 0.1) is 19.3 Å². The summed E-state index contributed by atoms with van der Waals surface area (Å²) >= 11 is 0. The van der Waals surface area contributed by atoms with Crippen molar-refractivity contribution in [3.63, 3.8) is 0 Å². The predicted molar refractivity (Wildman–Crippen MR) is 90.9 cm³/mol. The first-order valence-electron chi connectivity index (χ1n) is 8.23. The van der Waals surface area contributed by atoms with Crippen molar-refractivity contribution in [1.29, 1.82) is 0 Å². The zero-order valence-electron chi connectivity index (χ0n) is 14.2. The first-order chi connectivity index (χ1) is 12.0. The number of carbonyl (C=O) groups is 1. The van der Waals surface area contributed by atoms with E-state index in [0.717, 1.165) is 5.56 Å². The molecule has 0 radical (unpaired) electrons. The fourth-order valence-electron chi connectivity index (χ4n) is 3.03. The predicted octanol–water partition coefficient (Wildman–Crippen LogP) is 2.78. The Morgan fingerprint density at radius 1 is 1.36 bits per heavy atom. The molecule has 132 valence electrons. The van der Waals surface area contributed by atoms with Gasteiger partial charge < -0.3 is 15.2 Å². The van der Waals surface area contributed by atoms with Gasteiger partial charge in [0.2, 0.25) is 5.88 Å². The van der Waals surface area contributed by atoms with E-state index in [0.29, 0.717) is 24.3 Å². The van der Waals surface area contributed by atoms with Crippen molar-refractivity contribution in [2.24, 2.45) is 5.92 Å². The van der Waals surface area contributed by atoms with Crippen LogP contribution in [-0.2, 0) is 0 Å². The lowest BCUT2D eigenvalue weighted by Crippen LogP contribution is -2.41.